The van der Waals surface area contributed by atoms with Crippen LogP contribution in [0.5, 0.6) is 0 Å². The summed E-state index contributed by atoms with van der Waals surface area (Å²) in [5, 5.41) is 7.19. The largest absolute Gasteiger partial charge is 0.278 e. The second-order valence-electron chi connectivity index (χ2n) is 14.4. The Labute approximate surface area is 330 Å². The maximum atomic E-state index is 5.27. The highest BCUT2D eigenvalue weighted by atomic mass is 15.2. The molecule has 0 aliphatic carbocycles. The predicted molar refractivity (Wildman–Crippen MR) is 236 cm³/mol. The van der Waals surface area contributed by atoms with Crippen LogP contribution in [0.2, 0.25) is 0 Å². The molecular formula is C53H34N4. The summed E-state index contributed by atoms with van der Waals surface area (Å²) in [6.45, 7) is 0. The fourth-order valence-corrected chi connectivity index (χ4v) is 8.35. The molecule has 2 aromatic heterocycles. The van der Waals surface area contributed by atoms with Crippen molar-refractivity contribution in [2.24, 2.45) is 0 Å². The van der Waals surface area contributed by atoms with E-state index in [2.05, 4.69) is 174 Å². The van der Waals surface area contributed by atoms with E-state index in [4.69, 9.17) is 15.0 Å². The van der Waals surface area contributed by atoms with Gasteiger partial charge in [0.25, 0.3) is 0 Å². The number of hydrogen-bond acceptors (Lipinski definition) is 3. The zero-order chi connectivity index (χ0) is 37.7. The van der Waals surface area contributed by atoms with E-state index in [-0.39, 0.29) is 0 Å². The van der Waals surface area contributed by atoms with E-state index in [0.29, 0.717) is 17.6 Å². The molecule has 0 aliphatic heterocycles. The number of hydrogen-bond donors (Lipinski definition) is 0. The van der Waals surface area contributed by atoms with Crippen molar-refractivity contribution in [1.82, 2.24) is 19.5 Å². The molecule has 0 saturated carbocycles. The molecule has 0 atom stereocenters. The first-order chi connectivity index (χ1) is 28.3. The van der Waals surface area contributed by atoms with Crippen LogP contribution in [0.25, 0.3) is 105 Å². The second-order valence-corrected chi connectivity index (χ2v) is 14.4. The van der Waals surface area contributed by atoms with Gasteiger partial charge in [-0.1, -0.05) is 194 Å². The van der Waals surface area contributed by atoms with E-state index in [1.807, 2.05) is 36.4 Å². The zero-order valence-electron chi connectivity index (χ0n) is 30.9. The Morgan fingerprint density at radius 1 is 0.298 bits per heavy atom. The molecule has 0 radical (unpaired) electrons. The molecule has 0 bridgehead atoms. The molecule has 4 nitrogen and oxygen atoms in total. The molecule has 57 heavy (non-hydrogen) atoms. The summed E-state index contributed by atoms with van der Waals surface area (Å²) in [7, 11) is 0. The van der Waals surface area contributed by atoms with Gasteiger partial charge in [-0.25, -0.2) is 4.98 Å². The molecule has 4 heteroatoms. The van der Waals surface area contributed by atoms with Gasteiger partial charge in [0, 0.05) is 21.9 Å². The van der Waals surface area contributed by atoms with E-state index in [1.165, 1.54) is 38.1 Å². The third kappa shape index (κ3) is 5.66. The van der Waals surface area contributed by atoms with Crippen LogP contribution in [-0.2, 0) is 0 Å². The van der Waals surface area contributed by atoms with Crippen molar-refractivity contribution in [2.45, 2.75) is 0 Å². The summed E-state index contributed by atoms with van der Waals surface area (Å²) < 4.78 is 2.25. The number of nitrogens with zero attached hydrogens (tertiary/aromatic N) is 4. The Kier molecular flexibility index (Phi) is 7.78. The van der Waals surface area contributed by atoms with E-state index in [9.17, 15) is 0 Å². The SMILES string of the molecule is c1ccc(-c2nc(-c3ccccc3)nc(-n3c4cc(-c5ccc(-c6cccc7ccccc67)cc5)ccc4c4c5ccccc5c(-c5ccccc5)cc43)n2)cc1. The summed E-state index contributed by atoms with van der Waals surface area (Å²) in [6, 6.07) is 72.9. The summed E-state index contributed by atoms with van der Waals surface area (Å²) >= 11 is 0. The highest BCUT2D eigenvalue weighted by molar-refractivity contribution is 6.24. The summed E-state index contributed by atoms with van der Waals surface area (Å²) in [6.07, 6.45) is 0. The first-order valence-electron chi connectivity index (χ1n) is 19.3. The van der Waals surface area contributed by atoms with Crippen molar-refractivity contribution in [2.75, 3.05) is 0 Å². The average molecular weight is 727 g/mol. The lowest BCUT2D eigenvalue weighted by Crippen LogP contribution is -2.06. The normalized spacial score (nSPS) is 11.5. The van der Waals surface area contributed by atoms with Crippen LogP contribution in [0.1, 0.15) is 0 Å². The highest BCUT2D eigenvalue weighted by Crippen LogP contribution is 2.42. The standard InChI is InChI=1S/C53H34N4/c1-4-15-37(16-5-1)47-34-49-50(45-25-13-12-24-44(45)47)46-32-31-41(35-27-29-38(30-28-35)43-26-14-22-36-17-10-11-23-42(36)43)33-48(46)57(49)53-55-51(39-18-6-2-7-19-39)54-52(56-53)40-20-8-3-9-21-40/h1-34H. The Morgan fingerprint density at radius 2 is 0.825 bits per heavy atom. The fourth-order valence-electron chi connectivity index (χ4n) is 8.35. The van der Waals surface area contributed by atoms with Crippen molar-refractivity contribution in [1.29, 1.82) is 0 Å². The van der Waals surface area contributed by atoms with Gasteiger partial charge in [-0.3, -0.25) is 4.57 Å². The van der Waals surface area contributed by atoms with Crippen LogP contribution in [0.15, 0.2) is 206 Å². The Bertz CT molecular complexity index is 3200. The summed E-state index contributed by atoms with van der Waals surface area (Å²) in [5.41, 5.74) is 10.9. The van der Waals surface area contributed by atoms with E-state index >= 15 is 0 Å². The quantitative estimate of drug-likeness (QED) is 0.171. The molecule has 0 saturated heterocycles. The lowest BCUT2D eigenvalue weighted by molar-refractivity contribution is 0.954. The number of aromatic nitrogens is 4. The minimum atomic E-state index is 0.570. The summed E-state index contributed by atoms with van der Waals surface area (Å²) in [5.74, 6) is 1.82. The third-order valence-corrected chi connectivity index (χ3v) is 11.1. The monoisotopic (exact) mass is 726 g/mol. The molecule has 0 spiro atoms. The smallest absolute Gasteiger partial charge is 0.238 e. The van der Waals surface area contributed by atoms with Crippen molar-refractivity contribution >= 4 is 43.4 Å². The van der Waals surface area contributed by atoms with Crippen molar-refractivity contribution in [3.63, 3.8) is 0 Å². The molecule has 0 fully saturated rings. The van der Waals surface area contributed by atoms with Crippen molar-refractivity contribution in [3.05, 3.63) is 206 Å². The van der Waals surface area contributed by atoms with Crippen LogP contribution in [0.3, 0.4) is 0 Å². The lowest BCUT2D eigenvalue weighted by atomic mass is 9.94. The van der Waals surface area contributed by atoms with E-state index < -0.39 is 0 Å². The van der Waals surface area contributed by atoms with Crippen LogP contribution in [0, 0.1) is 0 Å². The van der Waals surface area contributed by atoms with Gasteiger partial charge < -0.3 is 0 Å². The van der Waals surface area contributed by atoms with Crippen LogP contribution < -0.4 is 0 Å². The molecule has 9 aromatic carbocycles. The average Bonchev–Trinajstić information content (AvgIpc) is 3.63. The Hall–Kier alpha value is -7.69. The van der Waals surface area contributed by atoms with Gasteiger partial charge in [0.15, 0.2) is 11.6 Å². The zero-order valence-corrected chi connectivity index (χ0v) is 30.9. The molecule has 0 amide bonds. The molecule has 11 rings (SSSR count). The van der Waals surface area contributed by atoms with E-state index in [1.54, 1.807) is 0 Å². The number of benzene rings is 9. The van der Waals surface area contributed by atoms with Gasteiger partial charge in [0.1, 0.15) is 0 Å². The van der Waals surface area contributed by atoms with Gasteiger partial charge in [-0.05, 0) is 67.1 Å². The maximum Gasteiger partial charge on any atom is 0.238 e. The predicted octanol–water partition coefficient (Wildman–Crippen LogP) is 13.6. The number of rotatable bonds is 6. The molecule has 11 aromatic rings. The van der Waals surface area contributed by atoms with Crippen LogP contribution in [0.4, 0.5) is 0 Å². The van der Waals surface area contributed by atoms with E-state index in [0.717, 1.165) is 49.8 Å². The maximum absolute atomic E-state index is 5.27. The van der Waals surface area contributed by atoms with Gasteiger partial charge >= 0.3 is 0 Å². The second kappa shape index (κ2) is 13.6. The highest BCUT2D eigenvalue weighted by Gasteiger charge is 2.22. The first-order valence-corrected chi connectivity index (χ1v) is 19.3. The topological polar surface area (TPSA) is 43.6 Å². The van der Waals surface area contributed by atoms with Crippen LogP contribution in [-0.4, -0.2) is 19.5 Å². The van der Waals surface area contributed by atoms with Crippen LogP contribution >= 0.6 is 0 Å². The number of fused-ring (bicyclic) bond motifs is 6. The van der Waals surface area contributed by atoms with Gasteiger partial charge in [0.05, 0.1) is 11.0 Å². The minimum absolute atomic E-state index is 0.570. The minimum Gasteiger partial charge on any atom is -0.278 e. The van der Waals surface area contributed by atoms with Gasteiger partial charge in [-0.2, -0.15) is 9.97 Å². The van der Waals surface area contributed by atoms with Crippen molar-refractivity contribution in [3.8, 4) is 62.1 Å². The molecule has 266 valence electrons. The molecule has 0 N–H and O–H groups in total. The van der Waals surface area contributed by atoms with Crippen molar-refractivity contribution < 1.29 is 0 Å². The molecule has 0 aliphatic rings. The molecular weight excluding hydrogens is 693 g/mol. The molecule has 2 heterocycles. The molecule has 0 unspecified atom stereocenters. The third-order valence-electron chi connectivity index (χ3n) is 11.1. The first kappa shape index (κ1) is 32.7. The Morgan fingerprint density at radius 3 is 1.51 bits per heavy atom. The fraction of sp³-hybridized carbons (Fsp3) is 0. The summed E-state index contributed by atoms with van der Waals surface area (Å²) in [4.78, 5) is 15.6. The van der Waals surface area contributed by atoms with Gasteiger partial charge in [-0.15, -0.1) is 0 Å². The Balaban J connectivity index is 1.18. The lowest BCUT2D eigenvalue weighted by Gasteiger charge is -2.13. The van der Waals surface area contributed by atoms with Gasteiger partial charge in [0.2, 0.25) is 5.95 Å².